The van der Waals surface area contributed by atoms with Crippen LogP contribution in [0.25, 0.3) is 0 Å². The largest absolute Gasteiger partial charge is 0.493 e. The molecule has 1 aliphatic heterocycles. The highest BCUT2D eigenvalue weighted by atomic mass is 35.5. The standard InChI is InChI=1S/C24H24ClNO4S/c1-29-20-14-17(9-10-19(20)30-15-16-6-3-2-4-7-16)23(21-11-12-22(25)31-21)26-13-5-8-18(26)24(27)28/h2-4,6-7,9-12,14,18,23H,5,8,13,15H2,1H3,(H,27,28). The lowest BCUT2D eigenvalue weighted by Crippen LogP contribution is -2.39. The van der Waals surface area contributed by atoms with Crippen LogP contribution >= 0.6 is 22.9 Å². The van der Waals surface area contributed by atoms with Crippen LogP contribution in [-0.4, -0.2) is 35.7 Å². The molecule has 0 radical (unpaired) electrons. The van der Waals surface area contributed by atoms with Gasteiger partial charge in [0.1, 0.15) is 12.6 Å². The van der Waals surface area contributed by atoms with Gasteiger partial charge >= 0.3 is 5.97 Å². The second kappa shape index (κ2) is 9.73. The Balaban J connectivity index is 1.65. The smallest absolute Gasteiger partial charge is 0.320 e. The third-order valence-electron chi connectivity index (χ3n) is 5.51. The maximum Gasteiger partial charge on any atom is 0.320 e. The first-order chi connectivity index (χ1) is 15.1. The van der Waals surface area contributed by atoms with Crippen LogP contribution in [0.4, 0.5) is 0 Å². The topological polar surface area (TPSA) is 59.0 Å². The maximum absolute atomic E-state index is 11.9. The summed E-state index contributed by atoms with van der Waals surface area (Å²) >= 11 is 7.70. The molecule has 7 heteroatoms. The normalized spacial score (nSPS) is 17.4. The van der Waals surface area contributed by atoms with Gasteiger partial charge in [-0.15, -0.1) is 11.3 Å². The zero-order chi connectivity index (χ0) is 21.8. The van der Waals surface area contributed by atoms with Gasteiger partial charge in [0.25, 0.3) is 0 Å². The number of thiophene rings is 1. The second-order valence-electron chi connectivity index (χ2n) is 7.46. The van der Waals surface area contributed by atoms with Crippen molar-refractivity contribution in [2.75, 3.05) is 13.7 Å². The van der Waals surface area contributed by atoms with Crippen molar-refractivity contribution in [3.63, 3.8) is 0 Å². The molecule has 1 aromatic heterocycles. The number of carboxylic acids is 1. The number of aliphatic carboxylic acids is 1. The quantitative estimate of drug-likeness (QED) is 0.475. The van der Waals surface area contributed by atoms with Crippen molar-refractivity contribution in [3.8, 4) is 11.5 Å². The van der Waals surface area contributed by atoms with E-state index in [2.05, 4.69) is 0 Å². The predicted octanol–water partition coefficient (Wildman–Crippen LogP) is 5.63. The Bertz CT molecular complexity index is 1040. The van der Waals surface area contributed by atoms with E-state index < -0.39 is 12.0 Å². The monoisotopic (exact) mass is 457 g/mol. The van der Waals surface area contributed by atoms with Crippen LogP contribution in [0.15, 0.2) is 60.7 Å². The van der Waals surface area contributed by atoms with E-state index in [0.29, 0.717) is 35.4 Å². The molecule has 2 unspecified atom stereocenters. The van der Waals surface area contributed by atoms with Crippen LogP contribution in [0.2, 0.25) is 4.34 Å². The fourth-order valence-electron chi connectivity index (χ4n) is 4.07. The molecule has 1 N–H and O–H groups in total. The molecule has 5 nitrogen and oxygen atoms in total. The van der Waals surface area contributed by atoms with Gasteiger partial charge in [0.15, 0.2) is 11.5 Å². The highest BCUT2D eigenvalue weighted by molar-refractivity contribution is 7.16. The lowest BCUT2D eigenvalue weighted by Gasteiger charge is -2.31. The summed E-state index contributed by atoms with van der Waals surface area (Å²) in [5.41, 5.74) is 2.02. The Morgan fingerprint density at radius 3 is 2.68 bits per heavy atom. The number of rotatable bonds is 8. The molecular formula is C24H24ClNO4S. The molecule has 0 bridgehead atoms. The van der Waals surface area contributed by atoms with Crippen molar-refractivity contribution in [2.45, 2.75) is 31.5 Å². The molecule has 4 rings (SSSR count). The first kappa shape index (κ1) is 21.7. The number of ether oxygens (including phenoxy) is 2. The molecule has 162 valence electrons. The molecular weight excluding hydrogens is 434 g/mol. The average Bonchev–Trinajstić information content (AvgIpc) is 3.43. The Morgan fingerprint density at radius 1 is 1.19 bits per heavy atom. The molecule has 2 aromatic carbocycles. The zero-order valence-corrected chi connectivity index (χ0v) is 18.7. The van der Waals surface area contributed by atoms with Gasteiger partial charge in [-0.05, 0) is 48.2 Å². The summed E-state index contributed by atoms with van der Waals surface area (Å²) in [5.74, 6) is 0.473. The summed E-state index contributed by atoms with van der Waals surface area (Å²) in [7, 11) is 1.61. The van der Waals surface area contributed by atoms with Crippen molar-refractivity contribution in [1.82, 2.24) is 4.90 Å². The fraction of sp³-hybridized carbons (Fsp3) is 0.292. The van der Waals surface area contributed by atoms with E-state index in [1.165, 1.54) is 11.3 Å². The number of benzene rings is 2. The first-order valence-electron chi connectivity index (χ1n) is 10.1. The minimum Gasteiger partial charge on any atom is -0.493 e. The number of methoxy groups -OCH3 is 1. The van der Waals surface area contributed by atoms with Gasteiger partial charge < -0.3 is 14.6 Å². The molecule has 1 aliphatic rings. The molecule has 2 atom stereocenters. The van der Waals surface area contributed by atoms with Crippen molar-refractivity contribution in [2.24, 2.45) is 0 Å². The van der Waals surface area contributed by atoms with Crippen LogP contribution in [0.1, 0.15) is 34.9 Å². The molecule has 31 heavy (non-hydrogen) atoms. The number of likely N-dealkylation sites (tertiary alicyclic amines) is 1. The van der Waals surface area contributed by atoms with E-state index in [1.807, 2.05) is 65.6 Å². The summed E-state index contributed by atoms with van der Waals surface area (Å²) in [6.45, 7) is 1.15. The van der Waals surface area contributed by atoms with Crippen LogP contribution in [-0.2, 0) is 11.4 Å². The van der Waals surface area contributed by atoms with Crippen LogP contribution in [0.5, 0.6) is 11.5 Å². The number of carboxylic acid groups (broad SMARTS) is 1. The minimum atomic E-state index is -0.792. The summed E-state index contributed by atoms with van der Waals surface area (Å²) in [4.78, 5) is 14.9. The molecule has 2 heterocycles. The van der Waals surface area contributed by atoms with Crippen molar-refractivity contribution >= 4 is 28.9 Å². The highest BCUT2D eigenvalue weighted by Crippen LogP contribution is 2.41. The third-order valence-corrected chi connectivity index (χ3v) is 6.80. The molecule has 0 amide bonds. The second-order valence-corrected chi connectivity index (χ2v) is 9.21. The van der Waals surface area contributed by atoms with E-state index >= 15 is 0 Å². The van der Waals surface area contributed by atoms with Crippen molar-refractivity contribution in [3.05, 3.63) is 81.0 Å². The maximum atomic E-state index is 11.9. The van der Waals surface area contributed by atoms with Gasteiger partial charge in [-0.1, -0.05) is 48.0 Å². The number of halogens is 1. The van der Waals surface area contributed by atoms with Gasteiger partial charge in [-0.25, -0.2) is 0 Å². The number of carbonyl (C=O) groups is 1. The Labute approximate surface area is 190 Å². The van der Waals surface area contributed by atoms with E-state index in [9.17, 15) is 9.90 Å². The number of hydrogen-bond acceptors (Lipinski definition) is 5. The van der Waals surface area contributed by atoms with Crippen molar-refractivity contribution < 1.29 is 19.4 Å². The molecule has 1 fully saturated rings. The highest BCUT2D eigenvalue weighted by Gasteiger charge is 2.37. The summed E-state index contributed by atoms with van der Waals surface area (Å²) in [6, 6.07) is 18.9. The Hall–Kier alpha value is -2.54. The minimum absolute atomic E-state index is 0.210. The van der Waals surface area contributed by atoms with E-state index in [4.69, 9.17) is 21.1 Å². The molecule has 0 spiro atoms. The first-order valence-corrected chi connectivity index (χ1v) is 11.3. The van der Waals surface area contributed by atoms with Gasteiger partial charge in [-0.2, -0.15) is 0 Å². The predicted molar refractivity (Wildman–Crippen MR) is 122 cm³/mol. The SMILES string of the molecule is COc1cc(C(c2ccc(Cl)s2)N2CCCC2C(=O)O)ccc1OCc1ccccc1. The summed E-state index contributed by atoms with van der Waals surface area (Å²) in [5, 5.41) is 9.75. The van der Waals surface area contributed by atoms with Crippen molar-refractivity contribution in [1.29, 1.82) is 0 Å². The molecule has 0 saturated carbocycles. The van der Waals surface area contributed by atoms with E-state index in [-0.39, 0.29) is 6.04 Å². The number of hydrogen-bond donors (Lipinski definition) is 1. The lowest BCUT2D eigenvalue weighted by atomic mass is 10.0. The third kappa shape index (κ3) is 4.87. The van der Waals surface area contributed by atoms with Gasteiger partial charge in [0, 0.05) is 11.4 Å². The Morgan fingerprint density at radius 2 is 2.00 bits per heavy atom. The molecule has 1 saturated heterocycles. The molecule has 0 aliphatic carbocycles. The van der Waals surface area contributed by atoms with Crippen LogP contribution < -0.4 is 9.47 Å². The lowest BCUT2D eigenvalue weighted by molar-refractivity contribution is -0.142. The van der Waals surface area contributed by atoms with Crippen LogP contribution in [0.3, 0.4) is 0 Å². The Kier molecular flexibility index (Phi) is 6.80. The molecule has 3 aromatic rings. The average molecular weight is 458 g/mol. The van der Waals surface area contributed by atoms with E-state index in [0.717, 1.165) is 22.4 Å². The van der Waals surface area contributed by atoms with E-state index in [1.54, 1.807) is 7.11 Å². The summed E-state index contributed by atoms with van der Waals surface area (Å²) in [6.07, 6.45) is 1.49. The fourth-order valence-corrected chi connectivity index (χ4v) is 5.28. The van der Waals surface area contributed by atoms with Gasteiger partial charge in [0.05, 0.1) is 17.5 Å². The zero-order valence-electron chi connectivity index (χ0n) is 17.2. The summed E-state index contributed by atoms with van der Waals surface area (Å²) < 4.78 is 12.3. The van der Waals surface area contributed by atoms with Crippen LogP contribution in [0, 0.1) is 0 Å². The van der Waals surface area contributed by atoms with Gasteiger partial charge in [0.2, 0.25) is 0 Å². The van der Waals surface area contributed by atoms with Gasteiger partial charge in [-0.3, -0.25) is 9.69 Å². The number of nitrogens with zero attached hydrogens (tertiary/aromatic N) is 1.